The molecule has 2 aliphatic carbocycles. The highest BCUT2D eigenvalue weighted by atomic mass is 32.2. The van der Waals surface area contributed by atoms with Gasteiger partial charge < -0.3 is 10.1 Å². The smallest absolute Gasteiger partial charge is 0.352 e. The van der Waals surface area contributed by atoms with Crippen molar-refractivity contribution in [2.45, 2.75) is 50.0 Å². The average Bonchev–Trinajstić information content (AvgIpc) is 3.24. The molecule has 3 aliphatic rings. The van der Waals surface area contributed by atoms with Gasteiger partial charge in [-0.05, 0) is 54.4 Å². The Morgan fingerprint density at radius 1 is 1.23 bits per heavy atom. The summed E-state index contributed by atoms with van der Waals surface area (Å²) in [6, 6.07) is 1.93. The number of aryl methyl sites for hydroxylation is 3. The maximum absolute atomic E-state index is 12.6. The number of rotatable bonds is 2. The molecule has 2 amide bonds. The van der Waals surface area contributed by atoms with E-state index in [2.05, 4.69) is 20.8 Å². The van der Waals surface area contributed by atoms with Gasteiger partial charge in [0.05, 0.1) is 12.8 Å². The fraction of sp³-hybridized carbons (Fsp3) is 0.444. The number of carbonyl (C=O) groups excluding carboxylic acids is 1. The van der Waals surface area contributed by atoms with Crippen LogP contribution < -0.4 is 15.2 Å². The molecular formula is C18H21N5O2S. The van der Waals surface area contributed by atoms with Gasteiger partial charge in [-0.1, -0.05) is 6.07 Å². The van der Waals surface area contributed by atoms with Gasteiger partial charge in [0.1, 0.15) is 4.90 Å². The first-order chi connectivity index (χ1) is 12.7. The van der Waals surface area contributed by atoms with Gasteiger partial charge in [-0.3, -0.25) is 5.14 Å². The highest BCUT2D eigenvalue weighted by Gasteiger charge is 2.26. The minimum absolute atomic E-state index is 0.388. The number of aromatic nitrogens is 2. The molecule has 0 radical (unpaired) electrons. The minimum atomic E-state index is -1.08. The van der Waals surface area contributed by atoms with E-state index in [1.54, 1.807) is 10.9 Å². The number of amides is 2. The van der Waals surface area contributed by atoms with E-state index >= 15 is 0 Å². The van der Waals surface area contributed by atoms with Gasteiger partial charge in [0, 0.05) is 29.5 Å². The number of benzene rings is 1. The van der Waals surface area contributed by atoms with Crippen LogP contribution in [0.2, 0.25) is 0 Å². The Bertz CT molecular complexity index is 950. The Hall–Kier alpha value is -2.19. The topological polar surface area (TPSA) is 94.5 Å². The highest BCUT2D eigenvalue weighted by Crippen LogP contribution is 2.39. The van der Waals surface area contributed by atoms with Gasteiger partial charge in [0.15, 0.2) is 0 Å². The van der Waals surface area contributed by atoms with Crippen molar-refractivity contribution >= 4 is 22.6 Å². The lowest BCUT2D eigenvalue weighted by Gasteiger charge is -2.25. The Kier molecular flexibility index (Phi) is 3.82. The first kappa shape index (κ1) is 16.0. The van der Waals surface area contributed by atoms with Crippen molar-refractivity contribution in [1.82, 2.24) is 9.78 Å². The third kappa shape index (κ3) is 2.55. The zero-order valence-corrected chi connectivity index (χ0v) is 15.3. The molecule has 3 N–H and O–H groups in total. The molecule has 26 heavy (non-hydrogen) atoms. The summed E-state index contributed by atoms with van der Waals surface area (Å²) in [6.07, 6.45) is 7.99. The molecule has 0 saturated heterocycles. The molecular weight excluding hydrogens is 350 g/mol. The van der Waals surface area contributed by atoms with E-state index in [0.717, 1.165) is 50.8 Å². The Labute approximate surface area is 154 Å². The van der Waals surface area contributed by atoms with E-state index in [4.69, 9.17) is 9.88 Å². The number of nitrogens with zero attached hydrogens (tertiary/aromatic N) is 3. The van der Waals surface area contributed by atoms with E-state index < -0.39 is 10.9 Å². The Morgan fingerprint density at radius 2 is 2.08 bits per heavy atom. The van der Waals surface area contributed by atoms with E-state index in [9.17, 15) is 4.79 Å². The summed E-state index contributed by atoms with van der Waals surface area (Å²) < 4.78 is 11.6. The fourth-order valence-corrected chi connectivity index (χ4v) is 4.87. The number of carbonyl (C=O) groups is 1. The number of urea groups is 1. The predicted molar refractivity (Wildman–Crippen MR) is 99.5 cm³/mol. The monoisotopic (exact) mass is 371 g/mol. The van der Waals surface area contributed by atoms with E-state index in [-0.39, 0.29) is 6.03 Å². The van der Waals surface area contributed by atoms with Gasteiger partial charge in [-0.15, -0.1) is 0 Å². The average molecular weight is 371 g/mol. The van der Waals surface area contributed by atoms with Gasteiger partial charge in [-0.25, -0.2) is 9.48 Å². The number of nitrogens with two attached hydrogens (primary N) is 1. The lowest BCUT2D eigenvalue weighted by atomic mass is 9.83. The van der Waals surface area contributed by atoms with Gasteiger partial charge >= 0.3 is 6.03 Å². The summed E-state index contributed by atoms with van der Waals surface area (Å²) in [4.78, 5) is 13.2. The van der Waals surface area contributed by atoms with Crippen LogP contribution in [0.25, 0.3) is 0 Å². The maximum Gasteiger partial charge on any atom is 0.352 e. The van der Waals surface area contributed by atoms with Crippen molar-refractivity contribution in [1.29, 1.82) is 0 Å². The summed E-state index contributed by atoms with van der Waals surface area (Å²) in [5.41, 5.74) is 6.30. The van der Waals surface area contributed by atoms with Gasteiger partial charge in [0.2, 0.25) is 5.88 Å². The Morgan fingerprint density at radius 3 is 2.92 bits per heavy atom. The van der Waals surface area contributed by atoms with Crippen LogP contribution in [-0.4, -0.2) is 22.4 Å². The number of ether oxygens (including phenoxy) is 1. The molecule has 2 aromatic rings. The van der Waals surface area contributed by atoms with E-state index in [0.29, 0.717) is 17.4 Å². The second-order valence-electron chi connectivity index (χ2n) is 6.96. The molecule has 1 atom stereocenters. The molecule has 1 aliphatic heterocycles. The zero-order valence-electron chi connectivity index (χ0n) is 14.5. The normalized spacial score (nSPS) is 18.3. The molecule has 2 heterocycles. The van der Waals surface area contributed by atoms with Crippen LogP contribution in [0.4, 0.5) is 10.5 Å². The molecule has 1 unspecified atom stereocenters. The minimum Gasteiger partial charge on any atom is -0.477 e. The predicted octanol–water partition coefficient (Wildman–Crippen LogP) is 2.52. The van der Waals surface area contributed by atoms with Crippen molar-refractivity contribution in [2.75, 3.05) is 11.9 Å². The van der Waals surface area contributed by atoms with Crippen molar-refractivity contribution in [3.63, 3.8) is 0 Å². The lowest BCUT2D eigenvalue weighted by Crippen LogP contribution is -2.20. The molecule has 136 valence electrons. The molecule has 5 rings (SSSR count). The molecule has 0 bridgehead atoms. The Balaban J connectivity index is 1.42. The second kappa shape index (κ2) is 6.21. The second-order valence-corrected chi connectivity index (χ2v) is 8.21. The number of anilines is 1. The van der Waals surface area contributed by atoms with Crippen molar-refractivity contribution < 1.29 is 9.53 Å². The first-order valence-corrected chi connectivity index (χ1v) is 10.3. The first-order valence-electron chi connectivity index (χ1n) is 9.07. The SMILES string of the molecule is N/S(=N\C(=O)Nc1c2c(cc3c1CC3)CCC2)c1cnn2c1OCCC2. The van der Waals surface area contributed by atoms with Crippen LogP contribution >= 0.6 is 0 Å². The van der Waals surface area contributed by atoms with Crippen LogP contribution in [0.5, 0.6) is 5.88 Å². The quantitative estimate of drug-likeness (QED) is 0.848. The van der Waals surface area contributed by atoms with Crippen molar-refractivity contribution in [3.05, 3.63) is 34.5 Å². The molecule has 8 heteroatoms. The van der Waals surface area contributed by atoms with Crippen molar-refractivity contribution in [2.24, 2.45) is 9.50 Å². The largest absolute Gasteiger partial charge is 0.477 e. The third-order valence-corrected chi connectivity index (χ3v) is 6.49. The van der Waals surface area contributed by atoms with Crippen LogP contribution in [0.3, 0.4) is 0 Å². The molecule has 0 spiro atoms. The summed E-state index contributed by atoms with van der Waals surface area (Å²) in [5.74, 6) is 0.642. The van der Waals surface area contributed by atoms with E-state index in [1.807, 2.05) is 0 Å². The molecule has 1 aromatic heterocycles. The van der Waals surface area contributed by atoms with Gasteiger partial charge in [0.25, 0.3) is 0 Å². The fourth-order valence-electron chi connectivity index (χ4n) is 4.05. The number of nitrogens with one attached hydrogen (secondary N) is 1. The standard InChI is InChI=1S/C18H21N5O2S/c19-26(15-10-20-23-7-2-8-25-17(15)23)22-18(24)21-16-13-4-1-3-11(13)9-12-5-6-14(12)16/h9-10H,1-8H2,(H3,19,21,22,24). The van der Waals surface area contributed by atoms with E-state index in [1.165, 1.54) is 22.3 Å². The highest BCUT2D eigenvalue weighted by molar-refractivity contribution is 7.85. The van der Waals surface area contributed by atoms with Crippen LogP contribution in [-0.2, 0) is 43.1 Å². The van der Waals surface area contributed by atoms with Crippen molar-refractivity contribution in [3.8, 4) is 5.88 Å². The van der Waals surface area contributed by atoms with Gasteiger partial charge in [-0.2, -0.15) is 9.46 Å². The summed E-state index contributed by atoms with van der Waals surface area (Å²) in [6.45, 7) is 1.45. The lowest BCUT2D eigenvalue weighted by molar-refractivity contribution is 0.225. The molecule has 1 aromatic carbocycles. The third-order valence-electron chi connectivity index (χ3n) is 5.40. The van der Waals surface area contributed by atoms with Crippen LogP contribution in [0.1, 0.15) is 35.1 Å². The molecule has 7 nitrogen and oxygen atoms in total. The number of fused-ring (bicyclic) bond motifs is 3. The summed E-state index contributed by atoms with van der Waals surface area (Å²) >= 11 is 0. The van der Waals surface area contributed by atoms with Crippen LogP contribution in [0.15, 0.2) is 21.5 Å². The zero-order chi connectivity index (χ0) is 17.7. The maximum atomic E-state index is 12.6. The molecule has 0 fully saturated rings. The summed E-state index contributed by atoms with van der Waals surface area (Å²) in [5, 5.41) is 13.5. The number of hydrogen-bond acceptors (Lipinski definition) is 3. The summed E-state index contributed by atoms with van der Waals surface area (Å²) in [7, 11) is -1.08. The number of hydrogen-bond donors (Lipinski definition) is 2. The molecule has 0 saturated carbocycles. The van der Waals surface area contributed by atoms with Crippen LogP contribution in [0, 0.1) is 0 Å².